The Morgan fingerprint density at radius 2 is 2.40 bits per heavy atom. The Bertz CT molecular complexity index is 486. The second-order valence-corrected chi connectivity index (χ2v) is 3.19. The molecule has 0 radical (unpaired) electrons. The number of nitrogens with one attached hydrogen (secondary N) is 1. The van der Waals surface area contributed by atoms with Gasteiger partial charge in [-0.1, -0.05) is 5.16 Å². The number of hydrogen-bond acceptors (Lipinski definition) is 4. The van der Waals surface area contributed by atoms with Crippen LogP contribution in [0.1, 0.15) is 16.2 Å². The molecule has 0 aliphatic carbocycles. The van der Waals surface area contributed by atoms with Crippen molar-refractivity contribution in [2.45, 2.75) is 6.92 Å². The molecule has 78 valence electrons. The first kappa shape index (κ1) is 9.45. The molecule has 1 amide bonds. The first-order valence-electron chi connectivity index (χ1n) is 4.38. The van der Waals surface area contributed by atoms with Crippen LogP contribution >= 0.6 is 0 Å². The Balaban J connectivity index is 2.10. The van der Waals surface area contributed by atoms with Crippen LogP contribution in [0, 0.1) is 6.92 Å². The first-order valence-corrected chi connectivity index (χ1v) is 4.38. The lowest BCUT2D eigenvalue weighted by Crippen LogP contribution is -2.10. The molecule has 0 aliphatic rings. The van der Waals surface area contributed by atoms with Crippen LogP contribution in [0.15, 0.2) is 23.0 Å². The summed E-state index contributed by atoms with van der Waals surface area (Å²) in [6.45, 7) is 1.75. The van der Waals surface area contributed by atoms with Crippen molar-refractivity contribution in [3.8, 4) is 0 Å². The number of carbonyl (C=O) groups is 1. The van der Waals surface area contributed by atoms with Crippen molar-refractivity contribution in [3.05, 3.63) is 29.9 Å². The zero-order valence-electron chi connectivity index (χ0n) is 8.39. The number of rotatable bonds is 2. The monoisotopic (exact) mass is 206 g/mol. The molecule has 0 atom stereocenters. The highest BCUT2D eigenvalue weighted by Crippen LogP contribution is 2.08. The number of carbonyl (C=O) groups excluding carboxylic acids is 1. The summed E-state index contributed by atoms with van der Waals surface area (Å²) in [5.41, 5.74) is 1.29. The minimum atomic E-state index is -0.330. The van der Waals surface area contributed by atoms with Gasteiger partial charge in [0.05, 0.1) is 17.6 Å². The molecule has 6 nitrogen and oxygen atoms in total. The van der Waals surface area contributed by atoms with Gasteiger partial charge in [-0.15, -0.1) is 0 Å². The second-order valence-electron chi connectivity index (χ2n) is 3.19. The molecule has 2 aromatic heterocycles. The van der Waals surface area contributed by atoms with Gasteiger partial charge in [-0.25, -0.2) is 0 Å². The van der Waals surface area contributed by atoms with E-state index in [0.29, 0.717) is 11.4 Å². The average molecular weight is 206 g/mol. The molecule has 2 rings (SSSR count). The summed E-state index contributed by atoms with van der Waals surface area (Å²) in [4.78, 5) is 11.6. The van der Waals surface area contributed by atoms with E-state index in [9.17, 15) is 4.79 Å². The van der Waals surface area contributed by atoms with Crippen LogP contribution in [0.2, 0.25) is 0 Å². The summed E-state index contributed by atoms with van der Waals surface area (Å²) < 4.78 is 6.41. The van der Waals surface area contributed by atoms with Crippen LogP contribution in [0.5, 0.6) is 0 Å². The van der Waals surface area contributed by atoms with Gasteiger partial charge < -0.3 is 9.84 Å². The van der Waals surface area contributed by atoms with Crippen molar-refractivity contribution in [1.29, 1.82) is 0 Å². The lowest BCUT2D eigenvalue weighted by Gasteiger charge is -1.96. The first-order chi connectivity index (χ1) is 7.15. The van der Waals surface area contributed by atoms with E-state index in [0.717, 1.165) is 0 Å². The average Bonchev–Trinajstić information content (AvgIpc) is 2.75. The van der Waals surface area contributed by atoms with Crippen molar-refractivity contribution in [1.82, 2.24) is 14.9 Å². The van der Waals surface area contributed by atoms with E-state index < -0.39 is 0 Å². The zero-order chi connectivity index (χ0) is 10.8. The van der Waals surface area contributed by atoms with Gasteiger partial charge >= 0.3 is 0 Å². The molecular weight excluding hydrogens is 196 g/mol. The molecule has 6 heteroatoms. The minimum Gasteiger partial charge on any atom is -0.351 e. The highest BCUT2D eigenvalue weighted by molar-refractivity contribution is 6.02. The molecule has 0 aliphatic heterocycles. The van der Waals surface area contributed by atoms with E-state index in [1.807, 2.05) is 0 Å². The third-order valence-electron chi connectivity index (χ3n) is 1.81. The fourth-order valence-corrected chi connectivity index (χ4v) is 1.15. The van der Waals surface area contributed by atoms with Crippen molar-refractivity contribution in [3.63, 3.8) is 0 Å². The normalized spacial score (nSPS) is 10.3. The predicted octanol–water partition coefficient (Wildman–Crippen LogP) is 0.969. The van der Waals surface area contributed by atoms with Crippen molar-refractivity contribution in [2.24, 2.45) is 7.05 Å². The fourth-order valence-electron chi connectivity index (χ4n) is 1.15. The van der Waals surface area contributed by atoms with E-state index in [-0.39, 0.29) is 11.7 Å². The maximum atomic E-state index is 11.6. The third-order valence-corrected chi connectivity index (χ3v) is 1.81. The van der Waals surface area contributed by atoms with Gasteiger partial charge in [0.25, 0.3) is 5.91 Å². The number of nitrogens with zero attached hydrogens (tertiary/aromatic N) is 3. The quantitative estimate of drug-likeness (QED) is 0.794. The SMILES string of the molecule is Cc1cc(C(=O)Nc2cnn(C)c2)on1. The van der Waals surface area contributed by atoms with Gasteiger partial charge in [-0.2, -0.15) is 5.10 Å². The van der Waals surface area contributed by atoms with Crippen molar-refractivity contribution >= 4 is 11.6 Å². The van der Waals surface area contributed by atoms with E-state index >= 15 is 0 Å². The molecule has 0 unspecified atom stereocenters. The molecule has 0 saturated heterocycles. The van der Waals surface area contributed by atoms with Crippen molar-refractivity contribution < 1.29 is 9.32 Å². The Labute approximate surface area is 85.9 Å². The summed E-state index contributed by atoms with van der Waals surface area (Å²) in [5.74, 6) is -0.139. The van der Waals surface area contributed by atoms with Gasteiger partial charge in [-0.05, 0) is 6.92 Å². The van der Waals surface area contributed by atoms with E-state index in [1.54, 1.807) is 37.1 Å². The molecule has 0 aromatic carbocycles. The molecule has 0 saturated carbocycles. The number of aryl methyl sites for hydroxylation is 2. The molecular formula is C9H10N4O2. The minimum absolute atomic E-state index is 0.191. The molecule has 0 spiro atoms. The van der Waals surface area contributed by atoms with Crippen LogP contribution in [0.4, 0.5) is 5.69 Å². The second kappa shape index (κ2) is 3.56. The highest BCUT2D eigenvalue weighted by atomic mass is 16.5. The van der Waals surface area contributed by atoms with Gasteiger partial charge in [0.15, 0.2) is 0 Å². The number of hydrogen-bond donors (Lipinski definition) is 1. The van der Waals surface area contributed by atoms with Crippen LogP contribution < -0.4 is 5.32 Å². The summed E-state index contributed by atoms with van der Waals surface area (Å²) in [6, 6.07) is 1.58. The Kier molecular flexibility index (Phi) is 2.24. The maximum absolute atomic E-state index is 11.6. The predicted molar refractivity (Wildman–Crippen MR) is 52.4 cm³/mol. The largest absolute Gasteiger partial charge is 0.351 e. The molecule has 15 heavy (non-hydrogen) atoms. The van der Waals surface area contributed by atoms with Gasteiger partial charge in [0.1, 0.15) is 0 Å². The van der Waals surface area contributed by atoms with Crippen LogP contribution in [-0.4, -0.2) is 20.8 Å². The fraction of sp³-hybridized carbons (Fsp3) is 0.222. The summed E-state index contributed by atoms with van der Waals surface area (Å²) in [5, 5.41) is 10.2. The van der Waals surface area contributed by atoms with Crippen LogP contribution in [-0.2, 0) is 7.05 Å². The Morgan fingerprint density at radius 1 is 1.60 bits per heavy atom. The highest BCUT2D eigenvalue weighted by Gasteiger charge is 2.11. The van der Waals surface area contributed by atoms with Gasteiger partial charge in [0.2, 0.25) is 5.76 Å². The molecule has 2 heterocycles. The number of anilines is 1. The summed E-state index contributed by atoms with van der Waals surface area (Å²) >= 11 is 0. The van der Waals surface area contributed by atoms with Crippen molar-refractivity contribution in [2.75, 3.05) is 5.32 Å². The van der Waals surface area contributed by atoms with E-state index in [2.05, 4.69) is 15.6 Å². The Hall–Kier alpha value is -2.11. The zero-order valence-corrected chi connectivity index (χ0v) is 8.39. The molecule has 0 fully saturated rings. The lowest BCUT2D eigenvalue weighted by molar-refractivity contribution is 0.0988. The summed E-state index contributed by atoms with van der Waals surface area (Å²) in [6.07, 6.45) is 3.25. The smallest absolute Gasteiger partial charge is 0.294 e. The van der Waals surface area contributed by atoms with Crippen LogP contribution in [0.25, 0.3) is 0 Å². The maximum Gasteiger partial charge on any atom is 0.294 e. The van der Waals surface area contributed by atoms with Crippen LogP contribution in [0.3, 0.4) is 0 Å². The number of aromatic nitrogens is 3. The number of amides is 1. The Morgan fingerprint density at radius 3 is 2.93 bits per heavy atom. The molecule has 1 N–H and O–H groups in total. The summed E-state index contributed by atoms with van der Waals surface area (Å²) in [7, 11) is 1.77. The van der Waals surface area contributed by atoms with E-state index in [4.69, 9.17) is 4.52 Å². The molecule has 0 bridgehead atoms. The topological polar surface area (TPSA) is 73.0 Å². The standard InChI is InChI=1S/C9H10N4O2/c1-6-3-8(15-12-6)9(14)11-7-4-10-13(2)5-7/h3-5H,1-2H3,(H,11,14). The van der Waals surface area contributed by atoms with E-state index in [1.165, 1.54) is 0 Å². The van der Waals surface area contributed by atoms with Gasteiger partial charge in [0, 0.05) is 19.3 Å². The molecule has 2 aromatic rings. The third kappa shape index (κ3) is 2.04. The van der Waals surface area contributed by atoms with Gasteiger partial charge in [-0.3, -0.25) is 9.48 Å². The lowest BCUT2D eigenvalue weighted by atomic mass is 10.3.